The lowest BCUT2D eigenvalue weighted by atomic mass is 10.2. The van der Waals surface area contributed by atoms with Gasteiger partial charge in [0.05, 0.1) is 0 Å². The monoisotopic (exact) mass is 248 g/mol. The SMILES string of the molecule is CCc1ccc(Oc2ccc(CF)cc2F)cc1. The van der Waals surface area contributed by atoms with E-state index in [-0.39, 0.29) is 5.75 Å². The van der Waals surface area contributed by atoms with Crippen molar-refractivity contribution in [3.05, 3.63) is 59.4 Å². The Balaban J connectivity index is 2.17. The van der Waals surface area contributed by atoms with Gasteiger partial charge in [-0.05, 0) is 41.8 Å². The fourth-order valence-electron chi connectivity index (χ4n) is 1.63. The van der Waals surface area contributed by atoms with Crippen LogP contribution in [0.2, 0.25) is 0 Å². The molecule has 94 valence electrons. The second-order valence-corrected chi connectivity index (χ2v) is 4.00. The van der Waals surface area contributed by atoms with Gasteiger partial charge in [0.25, 0.3) is 0 Å². The van der Waals surface area contributed by atoms with E-state index in [1.807, 2.05) is 12.1 Å². The van der Waals surface area contributed by atoms with Crippen LogP contribution in [0, 0.1) is 5.82 Å². The van der Waals surface area contributed by atoms with Crippen molar-refractivity contribution in [1.29, 1.82) is 0 Å². The van der Waals surface area contributed by atoms with E-state index in [1.54, 1.807) is 12.1 Å². The standard InChI is InChI=1S/C15H14F2O/c1-2-11-3-6-13(7-4-11)18-15-8-5-12(10-16)9-14(15)17/h3-9H,2,10H2,1H3. The third-order valence-corrected chi connectivity index (χ3v) is 2.71. The molecule has 0 atom stereocenters. The summed E-state index contributed by atoms with van der Waals surface area (Å²) in [5, 5.41) is 0. The minimum Gasteiger partial charge on any atom is -0.454 e. The first kappa shape index (κ1) is 12.6. The van der Waals surface area contributed by atoms with Gasteiger partial charge in [-0.1, -0.05) is 25.1 Å². The zero-order valence-electron chi connectivity index (χ0n) is 10.1. The van der Waals surface area contributed by atoms with E-state index >= 15 is 0 Å². The first-order chi connectivity index (χ1) is 8.72. The maximum absolute atomic E-state index is 13.6. The molecular weight excluding hydrogens is 234 g/mol. The lowest BCUT2D eigenvalue weighted by molar-refractivity contribution is 0.437. The molecule has 0 heterocycles. The topological polar surface area (TPSA) is 9.23 Å². The molecular formula is C15H14F2O. The Labute approximate surface area is 105 Å². The highest BCUT2D eigenvalue weighted by Gasteiger charge is 2.06. The summed E-state index contributed by atoms with van der Waals surface area (Å²) >= 11 is 0. The van der Waals surface area contributed by atoms with E-state index in [0.29, 0.717) is 11.3 Å². The molecule has 0 spiro atoms. The van der Waals surface area contributed by atoms with Gasteiger partial charge in [-0.15, -0.1) is 0 Å². The summed E-state index contributed by atoms with van der Waals surface area (Å²) in [6.45, 7) is 1.38. The van der Waals surface area contributed by atoms with Gasteiger partial charge in [0.1, 0.15) is 12.4 Å². The maximum atomic E-state index is 13.6. The van der Waals surface area contributed by atoms with Crippen LogP contribution < -0.4 is 4.74 Å². The van der Waals surface area contributed by atoms with Crippen LogP contribution in [-0.4, -0.2) is 0 Å². The summed E-state index contributed by atoms with van der Waals surface area (Å²) in [5.74, 6) is 0.125. The molecule has 0 saturated carbocycles. The van der Waals surface area contributed by atoms with Gasteiger partial charge in [0.15, 0.2) is 11.6 Å². The molecule has 0 N–H and O–H groups in total. The Morgan fingerprint density at radius 1 is 1.00 bits per heavy atom. The normalized spacial score (nSPS) is 10.4. The quantitative estimate of drug-likeness (QED) is 0.765. The highest BCUT2D eigenvalue weighted by atomic mass is 19.1. The van der Waals surface area contributed by atoms with Crippen LogP contribution in [0.1, 0.15) is 18.1 Å². The number of rotatable bonds is 4. The van der Waals surface area contributed by atoms with E-state index < -0.39 is 12.5 Å². The molecule has 0 fully saturated rings. The van der Waals surface area contributed by atoms with E-state index in [2.05, 4.69) is 6.92 Å². The molecule has 0 aliphatic heterocycles. The number of ether oxygens (including phenoxy) is 1. The Morgan fingerprint density at radius 2 is 1.67 bits per heavy atom. The van der Waals surface area contributed by atoms with Crippen LogP contribution in [0.3, 0.4) is 0 Å². The third kappa shape index (κ3) is 2.86. The van der Waals surface area contributed by atoms with Crippen molar-refractivity contribution in [2.45, 2.75) is 20.0 Å². The number of hydrogen-bond donors (Lipinski definition) is 0. The van der Waals surface area contributed by atoms with Crippen LogP contribution in [0.5, 0.6) is 11.5 Å². The molecule has 0 saturated heterocycles. The van der Waals surface area contributed by atoms with Crippen molar-refractivity contribution in [2.75, 3.05) is 0 Å². The molecule has 0 unspecified atom stereocenters. The van der Waals surface area contributed by atoms with Crippen LogP contribution in [-0.2, 0) is 13.1 Å². The minimum atomic E-state index is -0.678. The first-order valence-corrected chi connectivity index (χ1v) is 5.84. The van der Waals surface area contributed by atoms with E-state index in [0.717, 1.165) is 12.5 Å². The van der Waals surface area contributed by atoms with Crippen molar-refractivity contribution >= 4 is 0 Å². The molecule has 0 amide bonds. The second-order valence-electron chi connectivity index (χ2n) is 4.00. The fourth-order valence-corrected chi connectivity index (χ4v) is 1.63. The molecule has 0 bridgehead atoms. The molecule has 0 aliphatic rings. The summed E-state index contributed by atoms with van der Waals surface area (Å²) < 4.78 is 31.3. The van der Waals surface area contributed by atoms with Crippen molar-refractivity contribution in [2.24, 2.45) is 0 Å². The van der Waals surface area contributed by atoms with Crippen molar-refractivity contribution in [1.82, 2.24) is 0 Å². The summed E-state index contributed by atoms with van der Waals surface area (Å²) in [6, 6.07) is 11.6. The number of aryl methyl sites for hydroxylation is 1. The van der Waals surface area contributed by atoms with Crippen LogP contribution in [0.4, 0.5) is 8.78 Å². The lowest BCUT2D eigenvalue weighted by Crippen LogP contribution is -1.90. The summed E-state index contributed by atoms with van der Waals surface area (Å²) in [5.41, 5.74) is 1.50. The van der Waals surface area contributed by atoms with Gasteiger partial charge in [0.2, 0.25) is 0 Å². The molecule has 18 heavy (non-hydrogen) atoms. The van der Waals surface area contributed by atoms with Gasteiger partial charge in [-0.25, -0.2) is 8.78 Å². The molecule has 2 aromatic carbocycles. The summed E-state index contributed by atoms with van der Waals surface area (Å²) in [4.78, 5) is 0. The molecule has 1 nitrogen and oxygen atoms in total. The third-order valence-electron chi connectivity index (χ3n) is 2.71. The van der Waals surface area contributed by atoms with Crippen molar-refractivity contribution in [3.8, 4) is 11.5 Å². The van der Waals surface area contributed by atoms with Crippen molar-refractivity contribution in [3.63, 3.8) is 0 Å². The second kappa shape index (κ2) is 5.63. The predicted molar refractivity (Wildman–Crippen MR) is 67.1 cm³/mol. The average Bonchev–Trinajstić information content (AvgIpc) is 2.42. The van der Waals surface area contributed by atoms with Gasteiger partial charge < -0.3 is 4.74 Å². The predicted octanol–water partition coefficient (Wildman–Crippen LogP) is 4.65. The number of hydrogen-bond acceptors (Lipinski definition) is 1. The Morgan fingerprint density at radius 3 is 2.22 bits per heavy atom. The molecule has 2 rings (SSSR count). The maximum Gasteiger partial charge on any atom is 0.166 e. The van der Waals surface area contributed by atoms with E-state index in [9.17, 15) is 8.78 Å². The molecule has 0 aliphatic carbocycles. The Hall–Kier alpha value is -1.90. The highest BCUT2D eigenvalue weighted by Crippen LogP contribution is 2.25. The van der Waals surface area contributed by atoms with Crippen molar-refractivity contribution < 1.29 is 13.5 Å². The number of alkyl halides is 1. The van der Waals surface area contributed by atoms with Crippen LogP contribution >= 0.6 is 0 Å². The number of halogens is 2. The van der Waals surface area contributed by atoms with Gasteiger partial charge in [-0.2, -0.15) is 0 Å². The van der Waals surface area contributed by atoms with Crippen LogP contribution in [0.25, 0.3) is 0 Å². The lowest BCUT2D eigenvalue weighted by Gasteiger charge is -2.08. The minimum absolute atomic E-state index is 0.108. The van der Waals surface area contributed by atoms with Gasteiger partial charge in [0, 0.05) is 0 Å². The van der Waals surface area contributed by atoms with Crippen LogP contribution in [0.15, 0.2) is 42.5 Å². The summed E-state index contributed by atoms with van der Waals surface area (Å²) in [7, 11) is 0. The average molecular weight is 248 g/mol. The fraction of sp³-hybridized carbons (Fsp3) is 0.200. The summed E-state index contributed by atoms with van der Waals surface area (Å²) in [6.07, 6.45) is 0.944. The molecule has 2 aromatic rings. The molecule has 0 radical (unpaired) electrons. The van der Waals surface area contributed by atoms with Gasteiger partial charge >= 0.3 is 0 Å². The van der Waals surface area contributed by atoms with Gasteiger partial charge in [-0.3, -0.25) is 0 Å². The molecule has 0 aromatic heterocycles. The van der Waals surface area contributed by atoms with E-state index in [4.69, 9.17) is 4.74 Å². The Bertz CT molecular complexity index is 521. The largest absolute Gasteiger partial charge is 0.454 e. The molecule has 3 heteroatoms. The van der Waals surface area contributed by atoms with E-state index in [1.165, 1.54) is 17.7 Å². The zero-order valence-corrected chi connectivity index (χ0v) is 10.1. The number of benzene rings is 2. The smallest absolute Gasteiger partial charge is 0.166 e. The Kier molecular flexibility index (Phi) is 3.92. The highest BCUT2D eigenvalue weighted by molar-refractivity contribution is 5.35. The zero-order chi connectivity index (χ0) is 13.0. The first-order valence-electron chi connectivity index (χ1n) is 5.84.